The first-order chi connectivity index (χ1) is 10.1. The van der Waals surface area contributed by atoms with Crippen LogP contribution in [-0.4, -0.2) is 52.8 Å². The van der Waals surface area contributed by atoms with E-state index in [1.807, 2.05) is 0 Å². The van der Waals surface area contributed by atoms with Crippen LogP contribution in [0.15, 0.2) is 5.28 Å². The van der Waals surface area contributed by atoms with Crippen LogP contribution in [0.3, 0.4) is 0 Å². The fourth-order valence-electron chi connectivity index (χ4n) is 2.01. The lowest BCUT2D eigenvalue weighted by Crippen LogP contribution is -2.41. The molecule has 0 unspecified atom stereocenters. The van der Waals surface area contributed by atoms with Crippen LogP contribution < -0.4 is 0 Å². The number of nitrogens with zero attached hydrogens (tertiary/aromatic N) is 3. The van der Waals surface area contributed by atoms with Crippen molar-refractivity contribution in [1.82, 2.24) is 5.01 Å². The molecule has 1 aliphatic heterocycles. The van der Waals surface area contributed by atoms with Crippen molar-refractivity contribution in [2.24, 2.45) is 5.28 Å². The molecule has 0 amide bonds. The molecular weight excluding hydrogens is 282 g/mol. The molecule has 1 saturated heterocycles. The molecule has 1 N–H and O–H groups in total. The van der Waals surface area contributed by atoms with Crippen molar-refractivity contribution in [1.29, 1.82) is 0 Å². The minimum absolute atomic E-state index is 0.0571. The lowest BCUT2D eigenvalue weighted by Gasteiger charge is -2.18. The number of esters is 1. The van der Waals surface area contributed by atoms with Crippen LogP contribution in [0, 0.1) is 5.21 Å². The van der Waals surface area contributed by atoms with Crippen molar-refractivity contribution in [3.63, 3.8) is 0 Å². The zero-order valence-corrected chi connectivity index (χ0v) is 12.1. The van der Waals surface area contributed by atoms with Crippen LogP contribution in [-0.2, 0) is 19.2 Å². The predicted molar refractivity (Wildman–Crippen MR) is 69.9 cm³/mol. The van der Waals surface area contributed by atoms with Gasteiger partial charge in [0.25, 0.3) is 0 Å². The third-order valence-corrected chi connectivity index (χ3v) is 3.01. The van der Waals surface area contributed by atoms with E-state index in [-0.39, 0.29) is 24.6 Å². The molecular formula is C12H21N3O6. The van der Waals surface area contributed by atoms with E-state index >= 15 is 0 Å². The van der Waals surface area contributed by atoms with Gasteiger partial charge >= 0.3 is 11.9 Å². The molecule has 9 nitrogen and oxygen atoms in total. The second-order valence-corrected chi connectivity index (χ2v) is 4.59. The van der Waals surface area contributed by atoms with Gasteiger partial charge in [-0.05, 0) is 32.6 Å². The quantitative estimate of drug-likeness (QED) is 0.223. The normalized spacial score (nSPS) is 18.6. The highest BCUT2D eigenvalue weighted by Gasteiger charge is 2.38. The molecule has 9 heteroatoms. The Morgan fingerprint density at radius 3 is 2.90 bits per heavy atom. The van der Waals surface area contributed by atoms with Crippen LogP contribution in [0.1, 0.15) is 39.0 Å². The van der Waals surface area contributed by atoms with Gasteiger partial charge in [0.15, 0.2) is 6.04 Å². The highest BCUT2D eigenvalue weighted by molar-refractivity contribution is 5.75. The summed E-state index contributed by atoms with van der Waals surface area (Å²) in [5.41, 5.74) is 0. The van der Waals surface area contributed by atoms with E-state index < -0.39 is 18.0 Å². The Kier molecular flexibility index (Phi) is 7.27. The fraction of sp³-hybridized carbons (Fsp3) is 0.833. The summed E-state index contributed by atoms with van der Waals surface area (Å²) in [6.07, 6.45) is 2.26. The number of ether oxygens (including phenoxy) is 1. The predicted octanol–water partition coefficient (Wildman–Crippen LogP) is 1.08. The molecule has 0 aliphatic carbocycles. The first-order valence-corrected chi connectivity index (χ1v) is 7.01. The third kappa shape index (κ3) is 5.84. The molecule has 0 aromatic carbocycles. The molecule has 1 fully saturated rings. The molecule has 0 bridgehead atoms. The Balaban J connectivity index is 2.35. The number of carbonyl (C=O) groups is 2. The van der Waals surface area contributed by atoms with Gasteiger partial charge in [0.05, 0.1) is 18.1 Å². The zero-order chi connectivity index (χ0) is 15.7. The molecule has 21 heavy (non-hydrogen) atoms. The number of carboxylic acids is 1. The second kappa shape index (κ2) is 8.98. The summed E-state index contributed by atoms with van der Waals surface area (Å²) in [6, 6.07) is -0.623. The van der Waals surface area contributed by atoms with E-state index in [0.29, 0.717) is 32.2 Å². The Bertz CT molecular complexity index is 387. The summed E-state index contributed by atoms with van der Waals surface area (Å²) in [6.45, 7) is 2.54. The monoisotopic (exact) mass is 303 g/mol. The summed E-state index contributed by atoms with van der Waals surface area (Å²) < 4.78 is 4.90. The lowest BCUT2D eigenvalue weighted by atomic mass is 10.2. The van der Waals surface area contributed by atoms with Gasteiger partial charge in [-0.3, -0.25) is 4.79 Å². The Labute approximate surface area is 122 Å². The van der Waals surface area contributed by atoms with Crippen molar-refractivity contribution >= 4 is 11.9 Å². The van der Waals surface area contributed by atoms with E-state index in [2.05, 4.69) is 5.28 Å². The summed E-state index contributed by atoms with van der Waals surface area (Å²) in [4.78, 5) is 27.1. The number of hydrogen-bond donors (Lipinski definition) is 1. The fourth-order valence-corrected chi connectivity index (χ4v) is 2.01. The highest BCUT2D eigenvalue weighted by atomic mass is 16.7. The molecule has 1 heterocycles. The van der Waals surface area contributed by atoms with E-state index in [9.17, 15) is 14.8 Å². The molecule has 1 rings (SSSR count). The number of rotatable bonds is 9. The maximum Gasteiger partial charge on any atom is 0.334 e. The zero-order valence-electron chi connectivity index (χ0n) is 12.1. The average molecular weight is 303 g/mol. The minimum atomic E-state index is -0.869. The van der Waals surface area contributed by atoms with Gasteiger partial charge in [-0.25, -0.2) is 4.79 Å². The minimum Gasteiger partial charge on any atom is -0.569 e. The summed E-state index contributed by atoms with van der Waals surface area (Å²) in [5.74, 6) is -1.31. The SMILES string of the molecule is CCOC(=O)[C@@H]1CCCN1/[N+]([O-])=N/OCCCCC(=O)O. The number of hydrogen-bond acceptors (Lipinski definition) is 6. The number of carboxylic acid groups (broad SMARTS) is 1. The molecule has 0 saturated carbocycles. The summed E-state index contributed by atoms with van der Waals surface area (Å²) in [5, 5.41) is 24.8. The molecule has 0 radical (unpaired) electrons. The van der Waals surface area contributed by atoms with Gasteiger partial charge in [-0.2, -0.15) is 0 Å². The Morgan fingerprint density at radius 1 is 1.48 bits per heavy atom. The van der Waals surface area contributed by atoms with Crippen molar-refractivity contribution in [3.05, 3.63) is 5.21 Å². The highest BCUT2D eigenvalue weighted by Crippen LogP contribution is 2.18. The Morgan fingerprint density at radius 2 is 2.24 bits per heavy atom. The molecule has 120 valence electrons. The smallest absolute Gasteiger partial charge is 0.334 e. The van der Waals surface area contributed by atoms with Crippen LogP contribution in [0.25, 0.3) is 0 Å². The second-order valence-electron chi connectivity index (χ2n) is 4.59. The summed E-state index contributed by atoms with van der Waals surface area (Å²) >= 11 is 0. The van der Waals surface area contributed by atoms with E-state index in [1.54, 1.807) is 6.92 Å². The maximum atomic E-state index is 11.8. The first-order valence-electron chi connectivity index (χ1n) is 7.01. The van der Waals surface area contributed by atoms with Gasteiger partial charge in [0.1, 0.15) is 6.61 Å². The molecule has 1 aliphatic rings. The molecule has 1 atom stereocenters. The lowest BCUT2D eigenvalue weighted by molar-refractivity contribution is -0.712. The van der Waals surface area contributed by atoms with Crippen molar-refractivity contribution < 1.29 is 29.2 Å². The summed E-state index contributed by atoms with van der Waals surface area (Å²) in [7, 11) is 0. The van der Waals surface area contributed by atoms with Crippen molar-refractivity contribution in [2.75, 3.05) is 19.8 Å². The molecule has 0 spiro atoms. The van der Waals surface area contributed by atoms with Crippen LogP contribution >= 0.6 is 0 Å². The van der Waals surface area contributed by atoms with Gasteiger partial charge in [-0.15, -0.1) is 5.01 Å². The van der Waals surface area contributed by atoms with Gasteiger partial charge < -0.3 is 19.9 Å². The molecule has 0 aromatic rings. The third-order valence-electron chi connectivity index (χ3n) is 3.01. The number of hydrazine groups is 1. The van der Waals surface area contributed by atoms with Crippen LogP contribution in [0.5, 0.6) is 0 Å². The topological polar surface area (TPSA) is 115 Å². The van der Waals surface area contributed by atoms with Crippen LogP contribution in [0.2, 0.25) is 0 Å². The standard InChI is InChI=1S/C12H21N3O6/c1-2-20-12(18)10-6-5-8-14(10)15(19)13-21-9-4-3-7-11(16)17/h10H,2-9H2,1H3,(H,16,17)/b15-13-/t10-/m0/s1. The largest absolute Gasteiger partial charge is 0.569 e. The van der Waals surface area contributed by atoms with Gasteiger partial charge in [0.2, 0.25) is 5.28 Å². The molecule has 0 aromatic heterocycles. The average Bonchev–Trinajstić information content (AvgIpc) is 2.91. The number of aliphatic carboxylic acids is 1. The van der Waals surface area contributed by atoms with Crippen LogP contribution in [0.4, 0.5) is 0 Å². The maximum absolute atomic E-state index is 11.8. The van der Waals surface area contributed by atoms with Crippen molar-refractivity contribution in [2.45, 2.75) is 45.1 Å². The van der Waals surface area contributed by atoms with Gasteiger partial charge in [0, 0.05) is 6.42 Å². The number of unbranched alkanes of at least 4 members (excludes halogenated alkanes) is 1. The van der Waals surface area contributed by atoms with Crippen molar-refractivity contribution in [3.8, 4) is 0 Å². The Hall–Kier alpha value is -2.06. The van der Waals surface area contributed by atoms with E-state index in [4.69, 9.17) is 14.7 Å². The number of carbonyl (C=O) groups excluding carboxylic acids is 1. The van der Waals surface area contributed by atoms with E-state index in [1.165, 1.54) is 5.01 Å². The van der Waals surface area contributed by atoms with E-state index in [0.717, 1.165) is 0 Å². The van der Waals surface area contributed by atoms with Gasteiger partial charge in [-0.1, -0.05) is 0 Å². The first kappa shape index (κ1) is 17.0.